The molecule has 5 nitrogen and oxygen atoms in total. The lowest BCUT2D eigenvalue weighted by atomic mass is 9.82. The summed E-state index contributed by atoms with van der Waals surface area (Å²) in [5.74, 6) is 1.24. The maximum atomic E-state index is 12.3. The largest absolute Gasteiger partial charge is 0.486 e. The second kappa shape index (κ2) is 6.97. The summed E-state index contributed by atoms with van der Waals surface area (Å²) in [5.41, 5.74) is 6.54. The molecule has 1 aromatic rings. The maximum absolute atomic E-state index is 12.3. The van der Waals surface area contributed by atoms with Gasteiger partial charge >= 0.3 is 0 Å². The Labute approximate surface area is 141 Å². The number of nitrogens with one attached hydrogen (secondary N) is 1. The van der Waals surface area contributed by atoms with Crippen LogP contribution in [-0.4, -0.2) is 31.2 Å². The Morgan fingerprint density at radius 3 is 2.74 bits per heavy atom. The predicted octanol–water partition coefficient (Wildman–Crippen LogP) is 2.43. The number of carbonyl (C=O) groups excluding carboxylic acids is 1. The molecule has 1 aliphatic heterocycles. The molecule has 0 unspecified atom stereocenters. The van der Waals surface area contributed by atoms with Gasteiger partial charge in [0, 0.05) is 6.54 Å². The fourth-order valence-electron chi connectivity index (χ4n) is 3.21. The van der Waals surface area contributed by atoms with Crippen LogP contribution in [0.5, 0.6) is 11.5 Å². The summed E-state index contributed by atoms with van der Waals surface area (Å²) in [6.07, 6.45) is 5.45. The van der Waals surface area contributed by atoms with Crippen molar-refractivity contribution in [3.63, 3.8) is 0 Å². The van der Waals surface area contributed by atoms with Crippen molar-refractivity contribution in [3.8, 4) is 11.5 Å². The molecular formula is C17H23ClN2O3. The Morgan fingerprint density at radius 1 is 1.22 bits per heavy atom. The van der Waals surface area contributed by atoms with Gasteiger partial charge < -0.3 is 20.5 Å². The van der Waals surface area contributed by atoms with Crippen molar-refractivity contribution in [1.82, 2.24) is 5.32 Å². The van der Waals surface area contributed by atoms with Crippen LogP contribution < -0.4 is 20.5 Å². The number of halogens is 1. The number of rotatable bonds is 4. The zero-order valence-corrected chi connectivity index (χ0v) is 14.0. The molecule has 0 aromatic heterocycles. The quantitative estimate of drug-likeness (QED) is 0.884. The highest BCUT2D eigenvalue weighted by Crippen LogP contribution is 2.38. The second-order valence-electron chi connectivity index (χ2n) is 6.32. The van der Waals surface area contributed by atoms with Gasteiger partial charge in [0.15, 0.2) is 11.5 Å². The zero-order valence-electron chi connectivity index (χ0n) is 13.2. The summed E-state index contributed by atoms with van der Waals surface area (Å²) in [4.78, 5) is 12.3. The minimum atomic E-state index is -0.692. The molecule has 3 N–H and O–H groups in total. The average Bonchev–Trinajstić information content (AvgIpc) is 2.55. The van der Waals surface area contributed by atoms with E-state index in [0.717, 1.165) is 31.2 Å². The van der Waals surface area contributed by atoms with Crippen molar-refractivity contribution in [3.05, 3.63) is 22.7 Å². The maximum Gasteiger partial charge on any atom is 0.240 e. The molecule has 1 aromatic carbocycles. The number of nitrogens with two attached hydrogens (primary N) is 1. The summed E-state index contributed by atoms with van der Waals surface area (Å²) in [6, 6.07) is 3.78. The molecule has 1 fully saturated rings. The Morgan fingerprint density at radius 2 is 1.96 bits per heavy atom. The van der Waals surface area contributed by atoms with Gasteiger partial charge in [-0.05, 0) is 37.0 Å². The first-order chi connectivity index (χ1) is 11.1. The molecule has 23 heavy (non-hydrogen) atoms. The first kappa shape index (κ1) is 16.4. The lowest BCUT2D eigenvalue weighted by molar-refractivity contribution is -0.127. The Hall–Kier alpha value is -1.46. The van der Waals surface area contributed by atoms with Crippen molar-refractivity contribution in [1.29, 1.82) is 0 Å². The Bertz CT molecular complexity index is 585. The fourth-order valence-corrected chi connectivity index (χ4v) is 3.50. The van der Waals surface area contributed by atoms with Crippen LogP contribution in [0.15, 0.2) is 12.1 Å². The molecule has 0 saturated heterocycles. The van der Waals surface area contributed by atoms with Crippen LogP contribution in [-0.2, 0) is 11.2 Å². The molecule has 0 atom stereocenters. The van der Waals surface area contributed by atoms with E-state index in [0.29, 0.717) is 42.7 Å². The van der Waals surface area contributed by atoms with Gasteiger partial charge in [-0.25, -0.2) is 0 Å². The monoisotopic (exact) mass is 338 g/mol. The van der Waals surface area contributed by atoms with E-state index in [1.165, 1.54) is 6.42 Å². The molecule has 126 valence electrons. The molecule has 2 aliphatic rings. The van der Waals surface area contributed by atoms with Crippen LogP contribution in [0.4, 0.5) is 0 Å². The van der Waals surface area contributed by atoms with Gasteiger partial charge in [0.25, 0.3) is 0 Å². The average molecular weight is 339 g/mol. The van der Waals surface area contributed by atoms with Gasteiger partial charge in [-0.2, -0.15) is 0 Å². The molecule has 1 amide bonds. The number of fused-ring (bicyclic) bond motifs is 1. The van der Waals surface area contributed by atoms with Crippen LogP contribution in [0.25, 0.3) is 0 Å². The third-order valence-corrected chi connectivity index (χ3v) is 4.83. The van der Waals surface area contributed by atoms with Crippen molar-refractivity contribution in [2.24, 2.45) is 5.73 Å². The van der Waals surface area contributed by atoms with Gasteiger partial charge in [0.1, 0.15) is 13.2 Å². The highest BCUT2D eigenvalue weighted by atomic mass is 35.5. The number of hydrogen-bond donors (Lipinski definition) is 2. The van der Waals surface area contributed by atoms with Crippen LogP contribution in [0.2, 0.25) is 5.02 Å². The molecule has 1 saturated carbocycles. The lowest BCUT2D eigenvalue weighted by Crippen LogP contribution is -2.55. The Balaban J connectivity index is 1.56. The van der Waals surface area contributed by atoms with Gasteiger partial charge in [0.05, 0.1) is 10.6 Å². The summed E-state index contributed by atoms with van der Waals surface area (Å²) in [6.45, 7) is 1.58. The molecule has 3 rings (SSSR count). The van der Waals surface area contributed by atoms with E-state index in [1.54, 1.807) is 0 Å². The molecule has 0 bridgehead atoms. The smallest absolute Gasteiger partial charge is 0.240 e. The number of carbonyl (C=O) groups is 1. The fraction of sp³-hybridized carbons (Fsp3) is 0.588. The molecular weight excluding hydrogens is 316 g/mol. The van der Waals surface area contributed by atoms with Gasteiger partial charge in [-0.15, -0.1) is 0 Å². The normalized spacial score (nSPS) is 19.2. The molecule has 1 aliphatic carbocycles. The van der Waals surface area contributed by atoms with Crippen LogP contribution in [0.3, 0.4) is 0 Å². The van der Waals surface area contributed by atoms with E-state index in [-0.39, 0.29) is 5.91 Å². The van der Waals surface area contributed by atoms with E-state index in [4.69, 9.17) is 26.8 Å². The number of benzene rings is 1. The first-order valence-electron chi connectivity index (χ1n) is 8.24. The number of hydrogen-bond acceptors (Lipinski definition) is 4. The van der Waals surface area contributed by atoms with Crippen LogP contribution >= 0.6 is 11.6 Å². The van der Waals surface area contributed by atoms with E-state index >= 15 is 0 Å². The van der Waals surface area contributed by atoms with Crippen molar-refractivity contribution in [2.75, 3.05) is 19.8 Å². The van der Waals surface area contributed by atoms with Crippen LogP contribution in [0.1, 0.15) is 37.7 Å². The van der Waals surface area contributed by atoms with E-state index in [9.17, 15) is 4.79 Å². The van der Waals surface area contributed by atoms with E-state index < -0.39 is 5.54 Å². The predicted molar refractivity (Wildman–Crippen MR) is 89.2 cm³/mol. The third kappa shape index (κ3) is 3.72. The summed E-state index contributed by atoms with van der Waals surface area (Å²) < 4.78 is 11.1. The van der Waals surface area contributed by atoms with Gasteiger partial charge in [-0.3, -0.25) is 4.79 Å². The molecule has 6 heteroatoms. The minimum Gasteiger partial charge on any atom is -0.486 e. The summed E-state index contributed by atoms with van der Waals surface area (Å²) >= 11 is 6.22. The molecule has 0 spiro atoms. The van der Waals surface area contributed by atoms with Gasteiger partial charge in [0.2, 0.25) is 5.91 Å². The van der Waals surface area contributed by atoms with Gasteiger partial charge in [-0.1, -0.05) is 30.9 Å². The minimum absolute atomic E-state index is 0.0409. The number of ether oxygens (including phenoxy) is 2. The van der Waals surface area contributed by atoms with Crippen molar-refractivity contribution < 1.29 is 14.3 Å². The lowest BCUT2D eigenvalue weighted by Gasteiger charge is -2.31. The zero-order chi connectivity index (χ0) is 16.3. The van der Waals surface area contributed by atoms with Crippen molar-refractivity contribution in [2.45, 2.75) is 44.1 Å². The highest BCUT2D eigenvalue weighted by molar-refractivity contribution is 6.32. The van der Waals surface area contributed by atoms with Crippen LogP contribution in [0, 0.1) is 0 Å². The Kier molecular flexibility index (Phi) is 4.97. The van der Waals surface area contributed by atoms with E-state index in [2.05, 4.69) is 5.32 Å². The first-order valence-corrected chi connectivity index (χ1v) is 8.61. The second-order valence-corrected chi connectivity index (χ2v) is 6.73. The standard InChI is InChI=1S/C17H23ClN2O3/c18-13-10-12(11-14-15(13)23-9-8-22-14)4-7-20-16(21)17(19)5-2-1-3-6-17/h10-11H,1-9,19H2,(H,20,21). The highest BCUT2D eigenvalue weighted by Gasteiger charge is 2.34. The summed E-state index contributed by atoms with van der Waals surface area (Å²) in [7, 11) is 0. The molecule has 1 heterocycles. The topological polar surface area (TPSA) is 73.6 Å². The molecule has 0 radical (unpaired) electrons. The van der Waals surface area contributed by atoms with E-state index in [1.807, 2.05) is 12.1 Å². The third-order valence-electron chi connectivity index (χ3n) is 4.55. The summed E-state index contributed by atoms with van der Waals surface area (Å²) in [5, 5.41) is 3.51. The number of amides is 1. The SMILES string of the molecule is NC1(C(=O)NCCc2cc(Cl)c3c(c2)OCCO3)CCCCC1. The van der Waals surface area contributed by atoms with Crippen molar-refractivity contribution >= 4 is 17.5 Å².